The number of nitrogens with zero attached hydrogens (tertiary/aromatic N) is 2. The molecule has 2 heterocycles. The Morgan fingerprint density at radius 1 is 1.22 bits per heavy atom. The summed E-state index contributed by atoms with van der Waals surface area (Å²) in [5.74, 6) is 0.282. The molecular weight excluding hydrogens is 292 g/mol. The second-order valence-electron chi connectivity index (χ2n) is 5.01. The Bertz CT molecular complexity index is 463. The Kier molecular flexibility index (Phi) is 3.29. The van der Waals surface area contributed by atoms with E-state index >= 15 is 0 Å². The van der Waals surface area contributed by atoms with Crippen molar-refractivity contribution in [1.82, 2.24) is 4.90 Å². The summed E-state index contributed by atoms with van der Waals surface area (Å²) < 4.78 is 0. The van der Waals surface area contributed by atoms with E-state index in [0.29, 0.717) is 11.2 Å². The zero-order valence-electron chi connectivity index (χ0n) is 10.3. The summed E-state index contributed by atoms with van der Waals surface area (Å²) in [4.78, 5) is 16.4. The Morgan fingerprint density at radius 3 is 2.78 bits per heavy atom. The second-order valence-corrected chi connectivity index (χ2v) is 6.30. The molecule has 0 bridgehead atoms. The second kappa shape index (κ2) is 4.92. The number of hydrogen-bond donors (Lipinski definition) is 0. The summed E-state index contributed by atoms with van der Waals surface area (Å²) in [6.45, 7) is 3.73. The number of benzene rings is 1. The topological polar surface area (TPSA) is 23.6 Å². The maximum absolute atomic E-state index is 11.7. The molecule has 1 aromatic carbocycles. The SMILES string of the molecule is O=C1CC(Br)CN1CCN1CCc2ccccc21. The average Bonchev–Trinajstić information content (AvgIpc) is 2.90. The molecule has 4 heteroatoms. The van der Waals surface area contributed by atoms with Crippen LogP contribution in [0.2, 0.25) is 0 Å². The molecule has 1 atom stereocenters. The predicted molar refractivity (Wildman–Crippen MR) is 76.3 cm³/mol. The number of likely N-dealkylation sites (tertiary alicyclic amines) is 1. The maximum Gasteiger partial charge on any atom is 0.223 e. The molecule has 0 saturated carbocycles. The highest BCUT2D eigenvalue weighted by atomic mass is 79.9. The van der Waals surface area contributed by atoms with Crippen LogP contribution < -0.4 is 4.90 Å². The summed E-state index contributed by atoms with van der Waals surface area (Å²) in [5, 5.41) is 0. The van der Waals surface area contributed by atoms with E-state index in [1.807, 2.05) is 4.90 Å². The van der Waals surface area contributed by atoms with Gasteiger partial charge < -0.3 is 9.80 Å². The van der Waals surface area contributed by atoms with Gasteiger partial charge in [-0.3, -0.25) is 4.79 Å². The molecule has 1 unspecified atom stereocenters. The minimum Gasteiger partial charge on any atom is -0.369 e. The van der Waals surface area contributed by atoms with Crippen molar-refractivity contribution >= 4 is 27.5 Å². The molecule has 96 valence electrons. The fourth-order valence-corrected chi connectivity index (χ4v) is 3.45. The van der Waals surface area contributed by atoms with Gasteiger partial charge in [0, 0.05) is 43.1 Å². The van der Waals surface area contributed by atoms with Crippen molar-refractivity contribution in [2.24, 2.45) is 0 Å². The van der Waals surface area contributed by atoms with Gasteiger partial charge in [-0.1, -0.05) is 34.1 Å². The fraction of sp³-hybridized carbons (Fsp3) is 0.500. The summed E-state index contributed by atoms with van der Waals surface area (Å²) >= 11 is 3.52. The molecule has 18 heavy (non-hydrogen) atoms. The van der Waals surface area contributed by atoms with Crippen molar-refractivity contribution in [3.63, 3.8) is 0 Å². The van der Waals surface area contributed by atoms with E-state index in [4.69, 9.17) is 0 Å². The quantitative estimate of drug-likeness (QED) is 0.798. The number of alkyl halides is 1. The number of hydrogen-bond acceptors (Lipinski definition) is 2. The number of anilines is 1. The Morgan fingerprint density at radius 2 is 2.00 bits per heavy atom. The Labute approximate surface area is 116 Å². The summed E-state index contributed by atoms with van der Waals surface area (Å²) in [5.41, 5.74) is 2.78. The van der Waals surface area contributed by atoms with E-state index in [9.17, 15) is 4.79 Å². The standard InChI is InChI=1S/C14H17BrN2O/c15-12-9-14(18)17(10-12)8-7-16-6-5-11-3-1-2-4-13(11)16/h1-4,12H,5-10H2. The molecule has 0 spiro atoms. The molecule has 0 radical (unpaired) electrons. The van der Waals surface area contributed by atoms with Crippen molar-refractivity contribution in [2.75, 3.05) is 31.1 Å². The minimum absolute atomic E-state index is 0.282. The van der Waals surface area contributed by atoms with E-state index in [2.05, 4.69) is 45.1 Å². The monoisotopic (exact) mass is 308 g/mol. The van der Waals surface area contributed by atoms with Gasteiger partial charge in [0.2, 0.25) is 5.91 Å². The Hall–Kier alpha value is -1.03. The van der Waals surface area contributed by atoms with Crippen LogP contribution in [0.25, 0.3) is 0 Å². The van der Waals surface area contributed by atoms with Crippen molar-refractivity contribution in [3.05, 3.63) is 29.8 Å². The molecule has 2 aliphatic heterocycles. The molecule has 0 aliphatic carbocycles. The first-order valence-corrected chi connectivity index (χ1v) is 7.40. The molecule has 1 aromatic rings. The van der Waals surface area contributed by atoms with Gasteiger partial charge >= 0.3 is 0 Å². The van der Waals surface area contributed by atoms with Gasteiger partial charge in [-0.15, -0.1) is 0 Å². The van der Waals surface area contributed by atoms with Crippen molar-refractivity contribution < 1.29 is 4.79 Å². The number of halogens is 1. The van der Waals surface area contributed by atoms with Crippen molar-refractivity contribution in [2.45, 2.75) is 17.7 Å². The van der Waals surface area contributed by atoms with Crippen LogP contribution in [0.15, 0.2) is 24.3 Å². The lowest BCUT2D eigenvalue weighted by Crippen LogP contribution is -2.35. The highest BCUT2D eigenvalue weighted by molar-refractivity contribution is 9.09. The van der Waals surface area contributed by atoms with Gasteiger partial charge in [-0.2, -0.15) is 0 Å². The molecule has 3 nitrogen and oxygen atoms in total. The first-order chi connectivity index (χ1) is 8.74. The summed E-state index contributed by atoms with van der Waals surface area (Å²) in [6, 6.07) is 8.57. The normalized spacial score (nSPS) is 22.7. The van der Waals surface area contributed by atoms with E-state index in [1.165, 1.54) is 11.3 Å². The molecule has 2 aliphatic rings. The first kappa shape index (κ1) is 12.0. The van der Waals surface area contributed by atoms with Crippen LogP contribution in [0.4, 0.5) is 5.69 Å². The lowest BCUT2D eigenvalue weighted by molar-refractivity contribution is -0.127. The number of para-hydroxylation sites is 1. The highest BCUT2D eigenvalue weighted by Crippen LogP contribution is 2.27. The van der Waals surface area contributed by atoms with Gasteiger partial charge in [-0.25, -0.2) is 0 Å². The lowest BCUT2D eigenvalue weighted by atomic mass is 10.2. The van der Waals surface area contributed by atoms with Crippen molar-refractivity contribution in [3.8, 4) is 0 Å². The smallest absolute Gasteiger partial charge is 0.223 e. The summed E-state index contributed by atoms with van der Waals surface area (Å²) in [6.07, 6.45) is 1.78. The number of rotatable bonds is 3. The average molecular weight is 309 g/mol. The molecule has 0 N–H and O–H groups in total. The van der Waals surface area contributed by atoms with E-state index in [1.54, 1.807) is 0 Å². The van der Waals surface area contributed by atoms with Gasteiger partial charge in [0.05, 0.1) is 0 Å². The van der Waals surface area contributed by atoms with Gasteiger partial charge in [-0.05, 0) is 18.1 Å². The van der Waals surface area contributed by atoms with Crippen LogP contribution in [0, 0.1) is 0 Å². The van der Waals surface area contributed by atoms with Crippen LogP contribution in [-0.2, 0) is 11.2 Å². The minimum atomic E-state index is 0.282. The largest absolute Gasteiger partial charge is 0.369 e. The summed E-state index contributed by atoms with van der Waals surface area (Å²) in [7, 11) is 0. The number of amides is 1. The molecular formula is C14H17BrN2O. The van der Waals surface area contributed by atoms with Crippen LogP contribution >= 0.6 is 15.9 Å². The van der Waals surface area contributed by atoms with Gasteiger partial charge in [0.1, 0.15) is 0 Å². The number of carbonyl (C=O) groups is 1. The van der Waals surface area contributed by atoms with E-state index in [0.717, 1.165) is 32.6 Å². The zero-order chi connectivity index (χ0) is 12.5. The first-order valence-electron chi connectivity index (χ1n) is 6.49. The zero-order valence-corrected chi connectivity index (χ0v) is 11.9. The predicted octanol–water partition coefficient (Wildman–Crippen LogP) is 2.04. The fourth-order valence-electron chi connectivity index (χ4n) is 2.82. The number of carbonyl (C=O) groups excluding carboxylic acids is 1. The van der Waals surface area contributed by atoms with Crippen LogP contribution in [0.1, 0.15) is 12.0 Å². The molecule has 3 rings (SSSR count). The van der Waals surface area contributed by atoms with Crippen LogP contribution in [0.3, 0.4) is 0 Å². The van der Waals surface area contributed by atoms with Crippen LogP contribution in [0.5, 0.6) is 0 Å². The van der Waals surface area contributed by atoms with Gasteiger partial charge in [0.25, 0.3) is 0 Å². The van der Waals surface area contributed by atoms with E-state index < -0.39 is 0 Å². The van der Waals surface area contributed by atoms with Crippen molar-refractivity contribution in [1.29, 1.82) is 0 Å². The maximum atomic E-state index is 11.7. The number of fused-ring (bicyclic) bond motifs is 1. The highest BCUT2D eigenvalue weighted by Gasteiger charge is 2.28. The molecule has 0 aromatic heterocycles. The molecule has 1 saturated heterocycles. The third kappa shape index (κ3) is 2.26. The molecule has 1 fully saturated rings. The van der Waals surface area contributed by atoms with E-state index in [-0.39, 0.29) is 5.91 Å². The lowest BCUT2D eigenvalue weighted by Gasteiger charge is -2.23. The third-order valence-corrected chi connectivity index (χ3v) is 4.40. The van der Waals surface area contributed by atoms with Crippen LogP contribution in [-0.4, -0.2) is 41.8 Å². The Balaban J connectivity index is 1.60. The molecule has 1 amide bonds. The third-order valence-electron chi connectivity index (χ3n) is 3.79. The van der Waals surface area contributed by atoms with Gasteiger partial charge in [0.15, 0.2) is 0 Å².